The van der Waals surface area contributed by atoms with Crippen LogP contribution in [0, 0.1) is 0 Å². The molecule has 1 fully saturated rings. The van der Waals surface area contributed by atoms with E-state index >= 15 is 0 Å². The van der Waals surface area contributed by atoms with E-state index < -0.39 is 0 Å². The van der Waals surface area contributed by atoms with Crippen molar-refractivity contribution in [2.45, 2.75) is 18.3 Å². The van der Waals surface area contributed by atoms with Crippen molar-refractivity contribution in [1.82, 2.24) is 0 Å². The molecule has 0 unspecified atom stereocenters. The highest BCUT2D eigenvalue weighted by Crippen LogP contribution is 2.55. The number of nitrogens with one attached hydrogen (secondary N) is 1. The maximum absolute atomic E-state index is 5.85. The molecule has 3 N–H and O–H groups in total. The summed E-state index contributed by atoms with van der Waals surface area (Å²) in [7, 11) is 1.67. The van der Waals surface area contributed by atoms with Crippen LogP contribution in [0.5, 0.6) is 5.75 Å². The van der Waals surface area contributed by atoms with Crippen molar-refractivity contribution in [2.24, 2.45) is 0 Å². The van der Waals surface area contributed by atoms with Crippen LogP contribution in [0.25, 0.3) is 0 Å². The van der Waals surface area contributed by atoms with Gasteiger partial charge in [-0.15, -0.1) is 0 Å². The Bertz CT molecular complexity index is 397. The minimum atomic E-state index is 0.413. The number of rotatable bonds is 1. The third-order valence-electron chi connectivity index (χ3n) is 3.41. The van der Waals surface area contributed by atoms with Gasteiger partial charge in [0.25, 0.3) is 0 Å². The number of nitrogens with two attached hydrogens (primary N) is 1. The van der Waals surface area contributed by atoms with E-state index in [0.29, 0.717) is 5.41 Å². The van der Waals surface area contributed by atoms with Gasteiger partial charge < -0.3 is 15.8 Å². The van der Waals surface area contributed by atoms with Crippen LogP contribution < -0.4 is 15.8 Å². The van der Waals surface area contributed by atoms with Crippen molar-refractivity contribution < 1.29 is 4.74 Å². The Morgan fingerprint density at radius 3 is 2.86 bits per heavy atom. The van der Waals surface area contributed by atoms with E-state index in [1.165, 1.54) is 24.1 Å². The predicted octanol–water partition coefficient (Wildman–Crippen LogP) is 1.73. The summed E-state index contributed by atoms with van der Waals surface area (Å²) in [5.41, 5.74) is 9.57. The fourth-order valence-electron chi connectivity index (χ4n) is 2.32. The molecule has 1 aliphatic heterocycles. The summed E-state index contributed by atoms with van der Waals surface area (Å²) in [5, 5.41) is 3.41. The molecule has 3 rings (SSSR count). The SMILES string of the molecule is COc1cc2c(cc1N)NCC21CC1. The van der Waals surface area contributed by atoms with Gasteiger partial charge in [0, 0.05) is 17.6 Å². The topological polar surface area (TPSA) is 47.3 Å². The molecule has 0 bridgehead atoms. The molecule has 0 saturated heterocycles. The highest BCUT2D eigenvalue weighted by molar-refractivity contribution is 5.72. The summed E-state index contributed by atoms with van der Waals surface area (Å²) < 4.78 is 5.24. The first-order valence-electron chi connectivity index (χ1n) is 4.97. The summed E-state index contributed by atoms with van der Waals surface area (Å²) in [4.78, 5) is 0. The summed E-state index contributed by atoms with van der Waals surface area (Å²) >= 11 is 0. The Labute approximate surface area is 83.2 Å². The maximum atomic E-state index is 5.85. The Morgan fingerprint density at radius 2 is 2.21 bits per heavy atom. The minimum absolute atomic E-state index is 0.413. The molecule has 0 radical (unpaired) electrons. The van der Waals surface area contributed by atoms with E-state index in [1.54, 1.807) is 7.11 Å². The van der Waals surface area contributed by atoms with Gasteiger partial charge in [0.1, 0.15) is 5.75 Å². The molecule has 1 saturated carbocycles. The van der Waals surface area contributed by atoms with Crippen molar-refractivity contribution in [3.8, 4) is 5.75 Å². The van der Waals surface area contributed by atoms with Crippen LogP contribution in [0.3, 0.4) is 0 Å². The van der Waals surface area contributed by atoms with Crippen LogP contribution >= 0.6 is 0 Å². The highest BCUT2D eigenvalue weighted by atomic mass is 16.5. The van der Waals surface area contributed by atoms with Crippen molar-refractivity contribution in [3.63, 3.8) is 0 Å². The number of nitrogen functional groups attached to an aromatic ring is 1. The first kappa shape index (κ1) is 7.97. The normalized spacial score (nSPS) is 20.4. The number of ether oxygens (including phenoxy) is 1. The van der Waals surface area contributed by atoms with E-state index in [1.807, 2.05) is 6.07 Å². The molecule has 3 nitrogen and oxygen atoms in total. The maximum Gasteiger partial charge on any atom is 0.142 e. The van der Waals surface area contributed by atoms with Gasteiger partial charge in [-0.25, -0.2) is 0 Å². The molecular formula is C11H14N2O. The number of anilines is 2. The quantitative estimate of drug-likeness (QED) is 0.663. The second kappa shape index (κ2) is 2.35. The predicted molar refractivity (Wildman–Crippen MR) is 56.8 cm³/mol. The number of benzene rings is 1. The fourth-order valence-corrected chi connectivity index (χ4v) is 2.32. The van der Waals surface area contributed by atoms with Crippen LogP contribution in [-0.2, 0) is 5.41 Å². The van der Waals surface area contributed by atoms with Crippen molar-refractivity contribution in [2.75, 3.05) is 24.7 Å². The third-order valence-corrected chi connectivity index (χ3v) is 3.41. The van der Waals surface area contributed by atoms with Gasteiger partial charge in [0.05, 0.1) is 12.8 Å². The highest BCUT2D eigenvalue weighted by Gasteiger charge is 2.49. The van der Waals surface area contributed by atoms with Crippen LogP contribution in [0.15, 0.2) is 12.1 Å². The van der Waals surface area contributed by atoms with E-state index in [2.05, 4.69) is 11.4 Å². The first-order chi connectivity index (χ1) is 6.75. The van der Waals surface area contributed by atoms with Crippen molar-refractivity contribution in [3.05, 3.63) is 17.7 Å². The zero-order valence-electron chi connectivity index (χ0n) is 8.26. The summed E-state index contributed by atoms with van der Waals surface area (Å²) in [6.07, 6.45) is 2.58. The summed E-state index contributed by atoms with van der Waals surface area (Å²) in [6, 6.07) is 4.08. The molecule has 14 heavy (non-hydrogen) atoms. The van der Waals surface area contributed by atoms with Crippen LogP contribution in [0.4, 0.5) is 11.4 Å². The lowest BCUT2D eigenvalue weighted by Gasteiger charge is -2.10. The summed E-state index contributed by atoms with van der Waals surface area (Å²) in [5.74, 6) is 0.804. The summed E-state index contributed by atoms with van der Waals surface area (Å²) in [6.45, 7) is 1.06. The van der Waals surface area contributed by atoms with Gasteiger partial charge in [0.2, 0.25) is 0 Å². The van der Waals surface area contributed by atoms with Crippen LogP contribution in [0.2, 0.25) is 0 Å². The zero-order chi connectivity index (χ0) is 9.76. The van der Waals surface area contributed by atoms with E-state index in [0.717, 1.165) is 18.0 Å². The smallest absolute Gasteiger partial charge is 0.142 e. The van der Waals surface area contributed by atoms with Gasteiger partial charge in [-0.2, -0.15) is 0 Å². The van der Waals surface area contributed by atoms with Gasteiger partial charge in [-0.1, -0.05) is 0 Å². The molecule has 0 amide bonds. The van der Waals surface area contributed by atoms with E-state index in [-0.39, 0.29) is 0 Å². The third kappa shape index (κ3) is 0.870. The van der Waals surface area contributed by atoms with Gasteiger partial charge >= 0.3 is 0 Å². The van der Waals surface area contributed by atoms with Crippen LogP contribution in [-0.4, -0.2) is 13.7 Å². The Hall–Kier alpha value is -1.38. The Morgan fingerprint density at radius 1 is 1.43 bits per heavy atom. The van der Waals surface area contributed by atoms with E-state index in [9.17, 15) is 0 Å². The molecular weight excluding hydrogens is 176 g/mol. The lowest BCUT2D eigenvalue weighted by Crippen LogP contribution is -2.08. The molecule has 0 aromatic heterocycles. The van der Waals surface area contributed by atoms with Gasteiger partial charge in [-0.05, 0) is 30.5 Å². The molecule has 1 aromatic carbocycles. The molecule has 74 valence electrons. The molecule has 1 aliphatic carbocycles. The monoisotopic (exact) mass is 190 g/mol. The lowest BCUT2D eigenvalue weighted by molar-refractivity contribution is 0.416. The number of hydrogen-bond acceptors (Lipinski definition) is 3. The first-order valence-corrected chi connectivity index (χ1v) is 4.97. The van der Waals surface area contributed by atoms with Gasteiger partial charge in [-0.3, -0.25) is 0 Å². The Balaban J connectivity index is 2.15. The molecule has 1 heterocycles. The molecule has 3 heteroatoms. The average molecular weight is 190 g/mol. The molecule has 0 atom stereocenters. The fraction of sp³-hybridized carbons (Fsp3) is 0.455. The molecule has 1 aromatic rings. The number of methoxy groups -OCH3 is 1. The minimum Gasteiger partial charge on any atom is -0.495 e. The van der Waals surface area contributed by atoms with Gasteiger partial charge in [0.15, 0.2) is 0 Å². The van der Waals surface area contributed by atoms with Crippen molar-refractivity contribution in [1.29, 1.82) is 0 Å². The largest absolute Gasteiger partial charge is 0.495 e. The second-order valence-electron chi connectivity index (χ2n) is 4.27. The second-order valence-corrected chi connectivity index (χ2v) is 4.27. The Kier molecular flexibility index (Phi) is 1.34. The zero-order valence-corrected chi connectivity index (χ0v) is 8.26. The lowest BCUT2D eigenvalue weighted by atomic mass is 9.98. The molecule has 1 spiro atoms. The standard InChI is InChI=1S/C11H14N2O/c1-14-10-4-7-9(5-8(10)12)13-6-11(7)2-3-11/h4-5,13H,2-3,6,12H2,1H3. The number of hydrogen-bond donors (Lipinski definition) is 2. The van der Waals surface area contributed by atoms with E-state index in [4.69, 9.17) is 10.5 Å². The average Bonchev–Trinajstić information content (AvgIpc) is 2.87. The van der Waals surface area contributed by atoms with Crippen LogP contribution in [0.1, 0.15) is 18.4 Å². The number of fused-ring (bicyclic) bond motifs is 2. The van der Waals surface area contributed by atoms with Crippen molar-refractivity contribution >= 4 is 11.4 Å². The molecule has 2 aliphatic rings.